The van der Waals surface area contributed by atoms with Gasteiger partial charge in [0.05, 0.1) is 17.7 Å². The number of carboxylic acids is 1. The molecule has 86 valence electrons. The summed E-state index contributed by atoms with van der Waals surface area (Å²) in [5.41, 5.74) is -0.544. The largest absolute Gasteiger partial charge is 0.481 e. The van der Waals surface area contributed by atoms with Gasteiger partial charge in [0.1, 0.15) is 0 Å². The first-order valence-corrected chi connectivity index (χ1v) is 4.31. The van der Waals surface area contributed by atoms with Crippen molar-refractivity contribution < 1.29 is 23.1 Å². The van der Waals surface area contributed by atoms with E-state index in [1.54, 1.807) is 0 Å². The third-order valence-electron chi connectivity index (χ3n) is 1.69. The fourth-order valence-electron chi connectivity index (χ4n) is 0.952. The zero-order chi connectivity index (χ0) is 12.2. The first kappa shape index (κ1) is 12.2. The molecule has 0 aliphatic heterocycles. The molecule has 1 aromatic rings. The highest BCUT2D eigenvalue weighted by atomic mass is 19.4. The predicted molar refractivity (Wildman–Crippen MR) is 50.5 cm³/mol. The number of hydrogen-bond donors (Lipinski definition) is 1. The lowest BCUT2D eigenvalue weighted by molar-refractivity contribution is -0.138. The summed E-state index contributed by atoms with van der Waals surface area (Å²) in [6.07, 6.45) is -1.22. The third-order valence-corrected chi connectivity index (χ3v) is 1.69. The zero-order valence-electron chi connectivity index (χ0n) is 8.03. The highest BCUT2D eigenvalue weighted by molar-refractivity contribution is 5.70. The number of aliphatic carboxylic acids is 1. The van der Waals surface area contributed by atoms with E-state index in [-0.39, 0.29) is 12.1 Å². The van der Waals surface area contributed by atoms with Gasteiger partial charge >= 0.3 is 12.1 Å². The molecule has 1 heterocycles. The van der Waals surface area contributed by atoms with E-state index in [0.29, 0.717) is 6.20 Å². The highest BCUT2D eigenvalue weighted by Gasteiger charge is 2.30. The van der Waals surface area contributed by atoms with Crippen LogP contribution in [0.4, 0.5) is 13.2 Å². The Kier molecular flexibility index (Phi) is 3.65. The van der Waals surface area contributed by atoms with E-state index in [4.69, 9.17) is 5.11 Å². The van der Waals surface area contributed by atoms with Crippen molar-refractivity contribution >= 4 is 12.0 Å². The Balaban J connectivity index is 2.72. The van der Waals surface area contributed by atoms with Crippen molar-refractivity contribution in [1.29, 1.82) is 0 Å². The summed E-state index contributed by atoms with van der Waals surface area (Å²) in [5.74, 6) is -1.01. The van der Waals surface area contributed by atoms with Crippen molar-refractivity contribution in [3.63, 3.8) is 0 Å². The Hall–Kier alpha value is -1.85. The summed E-state index contributed by atoms with van der Waals surface area (Å²) < 4.78 is 36.4. The van der Waals surface area contributed by atoms with Crippen LogP contribution in [0.3, 0.4) is 0 Å². The second-order valence-electron chi connectivity index (χ2n) is 2.97. The molecule has 3 nitrogen and oxygen atoms in total. The molecule has 0 atom stereocenters. The number of aromatic nitrogens is 1. The van der Waals surface area contributed by atoms with Crippen molar-refractivity contribution in [2.24, 2.45) is 0 Å². The van der Waals surface area contributed by atoms with Crippen LogP contribution in [-0.2, 0) is 11.0 Å². The van der Waals surface area contributed by atoms with Crippen molar-refractivity contribution in [2.45, 2.75) is 12.6 Å². The standard InChI is InChI=1S/C10H8F3NO2/c11-10(12,13)7-4-5-8(14-6-7)2-1-3-9(15)16/h1-2,4-6H,3H2,(H,15,16). The molecule has 0 amide bonds. The van der Waals surface area contributed by atoms with Gasteiger partial charge in [0.2, 0.25) is 0 Å². The van der Waals surface area contributed by atoms with E-state index in [1.807, 2.05) is 0 Å². The summed E-state index contributed by atoms with van der Waals surface area (Å²) in [7, 11) is 0. The van der Waals surface area contributed by atoms with Gasteiger partial charge < -0.3 is 5.11 Å². The second kappa shape index (κ2) is 4.78. The van der Waals surface area contributed by atoms with Crippen LogP contribution >= 0.6 is 0 Å². The van der Waals surface area contributed by atoms with Crippen molar-refractivity contribution in [3.8, 4) is 0 Å². The normalized spacial score (nSPS) is 11.9. The SMILES string of the molecule is O=C(O)CC=Cc1ccc(C(F)(F)F)cn1. The molecule has 0 saturated heterocycles. The minimum Gasteiger partial charge on any atom is -0.481 e. The Morgan fingerprint density at radius 2 is 2.12 bits per heavy atom. The second-order valence-corrected chi connectivity index (χ2v) is 2.97. The number of pyridine rings is 1. The van der Waals surface area contributed by atoms with Gasteiger partial charge in [-0.05, 0) is 18.2 Å². The van der Waals surface area contributed by atoms with Gasteiger partial charge in [-0.3, -0.25) is 9.78 Å². The smallest absolute Gasteiger partial charge is 0.417 e. The lowest BCUT2D eigenvalue weighted by Crippen LogP contribution is -2.05. The number of nitrogens with zero attached hydrogens (tertiary/aromatic N) is 1. The van der Waals surface area contributed by atoms with E-state index in [9.17, 15) is 18.0 Å². The van der Waals surface area contributed by atoms with Gasteiger partial charge in [-0.1, -0.05) is 6.08 Å². The van der Waals surface area contributed by atoms with Crippen LogP contribution < -0.4 is 0 Å². The quantitative estimate of drug-likeness (QED) is 0.869. The lowest BCUT2D eigenvalue weighted by Gasteiger charge is -2.04. The average molecular weight is 231 g/mol. The van der Waals surface area contributed by atoms with E-state index < -0.39 is 17.7 Å². The van der Waals surface area contributed by atoms with E-state index >= 15 is 0 Å². The Labute approximate surface area is 89.2 Å². The Bertz CT molecular complexity index is 396. The lowest BCUT2D eigenvalue weighted by atomic mass is 10.2. The van der Waals surface area contributed by atoms with Gasteiger partial charge in [0.25, 0.3) is 0 Å². The molecule has 0 aliphatic carbocycles. The molecule has 0 bridgehead atoms. The first-order chi connectivity index (χ1) is 7.39. The number of hydrogen-bond acceptors (Lipinski definition) is 2. The van der Waals surface area contributed by atoms with Crippen molar-refractivity contribution in [3.05, 3.63) is 35.7 Å². The van der Waals surface area contributed by atoms with E-state index in [1.165, 1.54) is 18.2 Å². The first-order valence-electron chi connectivity index (χ1n) is 4.31. The fourth-order valence-corrected chi connectivity index (χ4v) is 0.952. The molecule has 0 saturated carbocycles. The predicted octanol–water partition coefficient (Wildman–Crippen LogP) is 2.59. The molecule has 1 aromatic heterocycles. The van der Waals surface area contributed by atoms with Crippen LogP contribution in [0.5, 0.6) is 0 Å². The van der Waals surface area contributed by atoms with Gasteiger partial charge in [0.15, 0.2) is 0 Å². The fraction of sp³-hybridized carbons (Fsp3) is 0.200. The van der Waals surface area contributed by atoms with Crippen LogP contribution in [0.15, 0.2) is 24.4 Å². The molecule has 0 fully saturated rings. The molecular formula is C10H8F3NO2. The van der Waals surface area contributed by atoms with Crippen LogP contribution in [-0.4, -0.2) is 16.1 Å². The summed E-state index contributed by atoms with van der Waals surface area (Å²) >= 11 is 0. The number of carbonyl (C=O) groups is 1. The molecule has 0 radical (unpaired) electrons. The number of alkyl halides is 3. The minimum atomic E-state index is -4.41. The minimum absolute atomic E-state index is 0.192. The maximum atomic E-state index is 12.1. The van der Waals surface area contributed by atoms with Gasteiger partial charge in [-0.15, -0.1) is 0 Å². The number of rotatable bonds is 3. The summed E-state index contributed by atoms with van der Waals surface area (Å²) in [4.78, 5) is 13.7. The van der Waals surface area contributed by atoms with Crippen LogP contribution in [0.25, 0.3) is 6.08 Å². The van der Waals surface area contributed by atoms with E-state index in [2.05, 4.69) is 4.98 Å². The monoisotopic (exact) mass is 231 g/mol. The van der Waals surface area contributed by atoms with Crippen LogP contribution in [0.2, 0.25) is 0 Å². The molecule has 6 heteroatoms. The average Bonchev–Trinajstić information content (AvgIpc) is 2.16. The highest BCUT2D eigenvalue weighted by Crippen LogP contribution is 2.28. The molecule has 0 aliphatic rings. The third kappa shape index (κ3) is 3.72. The van der Waals surface area contributed by atoms with Crippen LogP contribution in [0.1, 0.15) is 17.7 Å². The molecule has 1 N–H and O–H groups in total. The van der Waals surface area contributed by atoms with Gasteiger partial charge in [-0.2, -0.15) is 13.2 Å². The Morgan fingerprint density at radius 3 is 2.56 bits per heavy atom. The molecule has 16 heavy (non-hydrogen) atoms. The summed E-state index contributed by atoms with van der Waals surface area (Å²) in [5, 5.41) is 8.32. The maximum absolute atomic E-state index is 12.1. The van der Waals surface area contributed by atoms with Gasteiger partial charge in [-0.25, -0.2) is 0 Å². The number of halogens is 3. The maximum Gasteiger partial charge on any atom is 0.417 e. The van der Waals surface area contributed by atoms with E-state index in [0.717, 1.165) is 6.07 Å². The molecule has 0 spiro atoms. The Morgan fingerprint density at radius 1 is 1.44 bits per heavy atom. The zero-order valence-corrected chi connectivity index (χ0v) is 8.03. The molecular weight excluding hydrogens is 223 g/mol. The van der Waals surface area contributed by atoms with Crippen molar-refractivity contribution in [2.75, 3.05) is 0 Å². The summed E-state index contributed by atoms with van der Waals surface area (Å²) in [6, 6.07) is 2.08. The van der Waals surface area contributed by atoms with Crippen molar-refractivity contribution in [1.82, 2.24) is 4.98 Å². The van der Waals surface area contributed by atoms with Crippen LogP contribution in [0, 0.1) is 0 Å². The topological polar surface area (TPSA) is 50.2 Å². The molecule has 0 unspecified atom stereocenters. The number of carboxylic acid groups (broad SMARTS) is 1. The molecule has 1 rings (SSSR count). The molecule has 0 aromatic carbocycles. The van der Waals surface area contributed by atoms with Gasteiger partial charge in [0, 0.05) is 6.20 Å². The summed E-state index contributed by atoms with van der Waals surface area (Å²) in [6.45, 7) is 0.